The summed E-state index contributed by atoms with van der Waals surface area (Å²) in [4.78, 5) is 34.6. The lowest BCUT2D eigenvalue weighted by atomic mass is 9.98. The van der Waals surface area contributed by atoms with Crippen molar-refractivity contribution in [2.24, 2.45) is 7.05 Å². The van der Waals surface area contributed by atoms with Gasteiger partial charge in [-0.15, -0.1) is 0 Å². The van der Waals surface area contributed by atoms with Crippen molar-refractivity contribution < 1.29 is 14.3 Å². The van der Waals surface area contributed by atoms with Crippen LogP contribution in [0.5, 0.6) is 0 Å². The van der Waals surface area contributed by atoms with Gasteiger partial charge in [-0.3, -0.25) is 14.0 Å². The van der Waals surface area contributed by atoms with Gasteiger partial charge < -0.3 is 24.3 Å². The van der Waals surface area contributed by atoms with Crippen molar-refractivity contribution in [2.45, 2.75) is 129 Å². The van der Waals surface area contributed by atoms with Crippen LogP contribution < -0.4 is 15.8 Å². The molecule has 49 heavy (non-hydrogen) atoms. The molecule has 2 aliphatic heterocycles. The summed E-state index contributed by atoms with van der Waals surface area (Å²) in [6, 6.07) is 5.23. The van der Waals surface area contributed by atoms with Crippen molar-refractivity contribution in [3.05, 3.63) is 39.9 Å². The fraction of sp³-hybridized carbons (Fsp3) is 0.611. The average Bonchev–Trinajstić information content (AvgIpc) is 3.64. The van der Waals surface area contributed by atoms with Crippen LogP contribution >= 0.6 is 11.6 Å². The van der Waals surface area contributed by atoms with E-state index in [1.54, 1.807) is 11.6 Å². The second-order valence-corrected chi connectivity index (χ2v) is 23.0. The highest BCUT2D eigenvalue weighted by molar-refractivity contribution is 6.76. The Balaban J connectivity index is 1.40. The highest BCUT2D eigenvalue weighted by Crippen LogP contribution is 2.41. The molecule has 3 atom stereocenters. The summed E-state index contributed by atoms with van der Waals surface area (Å²) in [6.07, 6.45) is 7.00. The fourth-order valence-corrected chi connectivity index (χ4v) is 8.15. The quantitative estimate of drug-likeness (QED) is 0.149. The topological polar surface area (TPSA) is 108 Å². The van der Waals surface area contributed by atoms with Gasteiger partial charge in [0.2, 0.25) is 5.95 Å². The van der Waals surface area contributed by atoms with E-state index in [1.807, 2.05) is 54.5 Å². The van der Waals surface area contributed by atoms with Gasteiger partial charge in [0.15, 0.2) is 5.65 Å². The Morgan fingerprint density at radius 1 is 1.04 bits per heavy atom. The number of benzene rings is 1. The predicted molar refractivity (Wildman–Crippen MR) is 199 cm³/mol. The molecule has 5 heterocycles. The first-order valence-corrected chi connectivity index (χ1v) is 21.5. The van der Waals surface area contributed by atoms with Crippen LogP contribution in [0.25, 0.3) is 33.1 Å². The fourth-order valence-electron chi connectivity index (χ4n) is 7.09. The van der Waals surface area contributed by atoms with Crippen molar-refractivity contribution in [2.75, 3.05) is 11.5 Å². The molecule has 0 saturated carbocycles. The lowest BCUT2D eigenvalue weighted by Crippen LogP contribution is -2.52. The summed E-state index contributed by atoms with van der Waals surface area (Å²) in [6.45, 7) is 19.8. The molecule has 1 unspecified atom stereocenters. The van der Waals surface area contributed by atoms with Crippen molar-refractivity contribution in [1.29, 1.82) is 0 Å². The number of carbonyl (C=O) groups is 1. The van der Waals surface area contributed by atoms with E-state index in [2.05, 4.69) is 50.6 Å². The third kappa shape index (κ3) is 7.28. The van der Waals surface area contributed by atoms with Crippen LogP contribution in [0, 0.1) is 0 Å². The Kier molecular flexibility index (Phi) is 9.24. The van der Waals surface area contributed by atoms with Gasteiger partial charge in [0.05, 0.1) is 21.5 Å². The second kappa shape index (κ2) is 12.8. The first-order valence-electron chi connectivity index (χ1n) is 17.4. The highest BCUT2D eigenvalue weighted by Gasteiger charge is 2.43. The molecule has 1 amide bonds. The van der Waals surface area contributed by atoms with E-state index in [1.165, 1.54) is 0 Å². The summed E-state index contributed by atoms with van der Waals surface area (Å²) in [5.41, 5.74) is 1.97. The van der Waals surface area contributed by atoms with Gasteiger partial charge >= 0.3 is 6.09 Å². The summed E-state index contributed by atoms with van der Waals surface area (Å²) in [5.74, 6) is 0.640. The van der Waals surface area contributed by atoms with Crippen LogP contribution in [-0.2, 0) is 28.8 Å². The number of rotatable bonds is 8. The van der Waals surface area contributed by atoms with E-state index in [0.29, 0.717) is 28.6 Å². The van der Waals surface area contributed by atoms with E-state index in [-0.39, 0.29) is 42.0 Å². The maximum atomic E-state index is 14.5. The Morgan fingerprint density at radius 3 is 2.33 bits per heavy atom. The molecule has 13 heteroatoms. The van der Waals surface area contributed by atoms with Crippen molar-refractivity contribution >= 4 is 53.7 Å². The zero-order valence-corrected chi connectivity index (χ0v) is 32.4. The highest BCUT2D eigenvalue weighted by atomic mass is 35.5. The number of amides is 1. The Labute approximate surface area is 294 Å². The molecule has 2 fully saturated rings. The molecule has 3 aromatic heterocycles. The molecule has 1 aromatic carbocycles. The minimum atomic E-state index is -1.30. The maximum absolute atomic E-state index is 14.5. The zero-order chi connectivity index (χ0) is 35.6. The van der Waals surface area contributed by atoms with Gasteiger partial charge in [0, 0.05) is 68.8 Å². The molecule has 266 valence electrons. The van der Waals surface area contributed by atoms with Gasteiger partial charge in [-0.25, -0.2) is 4.79 Å². The number of halogens is 1. The lowest BCUT2D eigenvalue weighted by molar-refractivity contribution is 0.0492. The number of aromatic nitrogens is 5. The van der Waals surface area contributed by atoms with E-state index in [0.717, 1.165) is 53.8 Å². The van der Waals surface area contributed by atoms with Gasteiger partial charge in [-0.1, -0.05) is 37.3 Å². The van der Waals surface area contributed by atoms with Crippen LogP contribution in [0.4, 0.5) is 10.7 Å². The number of carbonyl (C=O) groups excluding carboxylic acids is 1. The third-order valence-corrected chi connectivity index (χ3v) is 11.7. The van der Waals surface area contributed by atoms with Gasteiger partial charge in [0.1, 0.15) is 12.3 Å². The molecule has 1 N–H and O–H groups in total. The van der Waals surface area contributed by atoms with Crippen LogP contribution in [0.1, 0.15) is 67.2 Å². The minimum Gasteiger partial charge on any atom is -0.444 e. The van der Waals surface area contributed by atoms with Crippen molar-refractivity contribution in [3.63, 3.8) is 0 Å². The minimum absolute atomic E-state index is 0.000660. The monoisotopic (exact) mass is 709 g/mol. The van der Waals surface area contributed by atoms with Gasteiger partial charge in [-0.05, 0) is 79.3 Å². The second-order valence-electron chi connectivity index (χ2n) is 17.0. The number of hydrogen-bond acceptors (Lipinski definition) is 7. The van der Waals surface area contributed by atoms with E-state index >= 15 is 0 Å². The van der Waals surface area contributed by atoms with E-state index in [9.17, 15) is 9.59 Å². The van der Waals surface area contributed by atoms with Crippen LogP contribution in [0.3, 0.4) is 0 Å². The largest absolute Gasteiger partial charge is 0.444 e. The summed E-state index contributed by atoms with van der Waals surface area (Å²) < 4.78 is 17.3. The number of anilines is 1. The molecule has 0 aliphatic carbocycles. The number of nitrogens with zero attached hydrogens (tertiary/aromatic N) is 6. The normalized spacial score (nSPS) is 20.1. The molecule has 4 aromatic rings. The third-order valence-electron chi connectivity index (χ3n) is 9.59. The molecule has 11 nitrogen and oxygen atoms in total. The molecule has 2 bridgehead atoms. The summed E-state index contributed by atoms with van der Waals surface area (Å²) >= 11 is 7.14. The number of piperidine rings is 1. The molecule has 2 saturated heterocycles. The molecule has 0 spiro atoms. The lowest BCUT2D eigenvalue weighted by Gasteiger charge is -2.40. The van der Waals surface area contributed by atoms with Crippen molar-refractivity contribution in [1.82, 2.24) is 29.2 Å². The molecule has 6 rings (SSSR count). The Hall–Kier alpha value is -3.35. The SMILES string of the molecule is Cn1c(N2[C@@H]3CC[C@H]2CC(NC(=O)OC(C)(C)C)C3)nc2c(c(-c3ccc4nn(C(C)(C)C)cc4c3Cl)cn2COCC[Si](C)(C)C)c1=O. The van der Waals surface area contributed by atoms with Gasteiger partial charge in [0.25, 0.3) is 5.56 Å². The number of alkyl carbamates (subject to hydrolysis) is 1. The Morgan fingerprint density at radius 2 is 1.71 bits per heavy atom. The average molecular weight is 710 g/mol. The summed E-state index contributed by atoms with van der Waals surface area (Å²) in [5, 5.41) is 9.75. The number of hydrogen-bond donors (Lipinski definition) is 1. The molecular formula is C36H52ClN7O4Si. The van der Waals surface area contributed by atoms with Crippen LogP contribution in [0.15, 0.2) is 29.3 Å². The zero-order valence-electron chi connectivity index (χ0n) is 30.7. The number of nitrogens with one attached hydrogen (secondary N) is 1. The maximum Gasteiger partial charge on any atom is 0.407 e. The molecule has 0 radical (unpaired) electrons. The van der Waals surface area contributed by atoms with Crippen molar-refractivity contribution in [3.8, 4) is 11.1 Å². The molecule has 2 aliphatic rings. The van der Waals surface area contributed by atoms with Crippen LogP contribution in [0.2, 0.25) is 30.7 Å². The first-order chi connectivity index (χ1) is 22.8. The Bertz CT molecular complexity index is 1930. The standard InChI is InChI=1S/C36H52ClN7O4Si/c1-35(2,3)43-20-27-28(40-43)14-13-25(30(27)37)26-19-42(21-47-15-16-49(8,9)10)31-29(26)32(45)41(7)33(39-31)44-23-11-12-24(44)18-22(17-23)38-34(46)48-36(4,5)6/h13-14,19-20,22-24H,11-12,15-18,21H2,1-10H3,(H,38,46)/t22?,23-,24+. The summed E-state index contributed by atoms with van der Waals surface area (Å²) in [7, 11) is 0.508. The van der Waals surface area contributed by atoms with E-state index in [4.69, 9.17) is 31.2 Å². The van der Waals surface area contributed by atoms with Gasteiger partial charge in [-0.2, -0.15) is 10.1 Å². The number of ether oxygens (including phenoxy) is 2. The molecular weight excluding hydrogens is 658 g/mol. The smallest absolute Gasteiger partial charge is 0.407 e. The first kappa shape index (κ1) is 35.5. The van der Waals surface area contributed by atoms with E-state index < -0.39 is 13.7 Å². The predicted octanol–water partition coefficient (Wildman–Crippen LogP) is 7.50. The number of fused-ring (bicyclic) bond motifs is 4. The van der Waals surface area contributed by atoms with Crippen LogP contribution in [-0.4, -0.2) is 68.4 Å².